The molecule has 2 N–H and O–H groups in total. The average molecular weight is 169 g/mol. The molecule has 1 saturated carbocycles. The van der Waals surface area contributed by atoms with Crippen LogP contribution in [0.15, 0.2) is 12.7 Å². The van der Waals surface area contributed by atoms with Gasteiger partial charge in [0.2, 0.25) is 0 Å². The molecule has 0 spiro atoms. The summed E-state index contributed by atoms with van der Waals surface area (Å²) in [7, 11) is 0. The van der Waals surface area contributed by atoms with E-state index in [1.54, 1.807) is 0 Å². The first-order valence-corrected chi connectivity index (χ1v) is 5.19. The minimum atomic E-state index is -0.0312. The van der Waals surface area contributed by atoms with Gasteiger partial charge < -0.3 is 5.73 Å². The maximum atomic E-state index is 6.04. The van der Waals surface area contributed by atoms with Crippen LogP contribution in [-0.2, 0) is 0 Å². The Hall–Kier alpha value is -0.300. The second-order valence-corrected chi connectivity index (χ2v) is 3.35. The van der Waals surface area contributed by atoms with Gasteiger partial charge in [0.15, 0.2) is 0 Å². The third-order valence-electron chi connectivity index (χ3n) is 2.44. The molecule has 1 aliphatic carbocycles. The lowest BCUT2D eigenvalue weighted by Gasteiger charge is -2.22. The Morgan fingerprint density at radius 3 is 1.83 bits per heavy atom. The average Bonchev–Trinajstić information content (AvgIpc) is 2.35. The van der Waals surface area contributed by atoms with Gasteiger partial charge in [-0.2, -0.15) is 0 Å². The molecular formula is C11H23N. The zero-order chi connectivity index (χ0) is 9.45. The Labute approximate surface area is 77.0 Å². The van der Waals surface area contributed by atoms with E-state index in [1.807, 2.05) is 19.9 Å². The van der Waals surface area contributed by atoms with Crippen molar-refractivity contribution < 1.29 is 0 Å². The number of nitrogens with two attached hydrogens (primary N) is 1. The molecule has 0 heterocycles. The van der Waals surface area contributed by atoms with Crippen LogP contribution in [-0.4, -0.2) is 5.54 Å². The number of hydrogen-bond acceptors (Lipinski definition) is 1. The molecule has 0 saturated heterocycles. The van der Waals surface area contributed by atoms with E-state index in [1.165, 1.54) is 25.7 Å². The standard InChI is InChI=1S/C9H17N.C2H6/c1-2-9(10)7-5-3-4-6-8-9;1-2/h2H,1,3-8,10H2;1-2H3. The molecule has 0 aromatic rings. The van der Waals surface area contributed by atoms with Crippen LogP contribution in [0.5, 0.6) is 0 Å². The highest BCUT2D eigenvalue weighted by molar-refractivity contribution is 5.00. The normalized spacial score (nSPS) is 21.6. The molecule has 0 bridgehead atoms. The molecule has 1 fully saturated rings. The highest BCUT2D eigenvalue weighted by Gasteiger charge is 2.21. The Morgan fingerprint density at radius 1 is 1.08 bits per heavy atom. The third kappa shape index (κ3) is 3.91. The van der Waals surface area contributed by atoms with Crippen LogP contribution >= 0.6 is 0 Å². The number of hydrogen-bond donors (Lipinski definition) is 1. The summed E-state index contributed by atoms with van der Waals surface area (Å²) >= 11 is 0. The lowest BCUT2D eigenvalue weighted by atomic mass is 9.92. The van der Waals surface area contributed by atoms with Crippen molar-refractivity contribution in [1.29, 1.82) is 0 Å². The largest absolute Gasteiger partial charge is 0.322 e. The summed E-state index contributed by atoms with van der Waals surface area (Å²) in [5, 5.41) is 0. The SMILES string of the molecule is C=CC1(N)CCCCCC1.CC. The van der Waals surface area contributed by atoms with Crippen LogP contribution < -0.4 is 5.73 Å². The monoisotopic (exact) mass is 169 g/mol. The van der Waals surface area contributed by atoms with Gasteiger partial charge in [0, 0.05) is 5.54 Å². The molecule has 0 amide bonds. The van der Waals surface area contributed by atoms with Crippen LogP contribution in [0.4, 0.5) is 0 Å². The quantitative estimate of drug-likeness (QED) is 0.473. The molecular weight excluding hydrogens is 146 g/mol. The van der Waals surface area contributed by atoms with Gasteiger partial charge in [-0.05, 0) is 12.8 Å². The molecule has 1 heteroatoms. The smallest absolute Gasteiger partial charge is 0.0336 e. The van der Waals surface area contributed by atoms with Gasteiger partial charge in [-0.1, -0.05) is 45.6 Å². The van der Waals surface area contributed by atoms with Crippen LogP contribution in [0.3, 0.4) is 0 Å². The van der Waals surface area contributed by atoms with E-state index in [2.05, 4.69) is 6.58 Å². The fraction of sp³-hybridized carbons (Fsp3) is 0.818. The molecule has 1 aliphatic rings. The van der Waals surface area contributed by atoms with Crippen molar-refractivity contribution in [1.82, 2.24) is 0 Å². The van der Waals surface area contributed by atoms with Crippen LogP contribution in [0, 0.1) is 0 Å². The van der Waals surface area contributed by atoms with E-state index < -0.39 is 0 Å². The summed E-state index contributed by atoms with van der Waals surface area (Å²) in [6.45, 7) is 7.77. The first-order chi connectivity index (χ1) is 5.77. The van der Waals surface area contributed by atoms with Crippen molar-refractivity contribution in [2.45, 2.75) is 57.9 Å². The topological polar surface area (TPSA) is 26.0 Å². The summed E-state index contributed by atoms with van der Waals surface area (Å²) < 4.78 is 0. The van der Waals surface area contributed by atoms with Crippen molar-refractivity contribution in [3.63, 3.8) is 0 Å². The van der Waals surface area contributed by atoms with Gasteiger partial charge >= 0.3 is 0 Å². The minimum Gasteiger partial charge on any atom is -0.322 e. The lowest BCUT2D eigenvalue weighted by Crippen LogP contribution is -2.36. The zero-order valence-electron chi connectivity index (χ0n) is 8.60. The molecule has 1 nitrogen and oxygen atoms in total. The molecule has 0 unspecified atom stereocenters. The summed E-state index contributed by atoms with van der Waals surface area (Å²) in [6, 6.07) is 0. The highest BCUT2D eigenvalue weighted by atomic mass is 14.7. The molecule has 0 aliphatic heterocycles. The van der Waals surface area contributed by atoms with Crippen LogP contribution in [0.1, 0.15) is 52.4 Å². The molecule has 72 valence electrons. The second kappa shape index (κ2) is 6.24. The maximum Gasteiger partial charge on any atom is 0.0336 e. The van der Waals surface area contributed by atoms with Gasteiger partial charge in [0.1, 0.15) is 0 Å². The zero-order valence-corrected chi connectivity index (χ0v) is 8.60. The van der Waals surface area contributed by atoms with E-state index in [4.69, 9.17) is 5.73 Å². The van der Waals surface area contributed by atoms with Gasteiger partial charge in [-0.15, -0.1) is 6.58 Å². The van der Waals surface area contributed by atoms with E-state index >= 15 is 0 Å². The molecule has 0 aromatic heterocycles. The van der Waals surface area contributed by atoms with Crippen LogP contribution in [0.25, 0.3) is 0 Å². The summed E-state index contributed by atoms with van der Waals surface area (Å²) in [6.07, 6.45) is 9.47. The van der Waals surface area contributed by atoms with Gasteiger partial charge in [-0.3, -0.25) is 0 Å². The van der Waals surface area contributed by atoms with Crippen molar-refractivity contribution >= 4 is 0 Å². The lowest BCUT2D eigenvalue weighted by molar-refractivity contribution is 0.461. The first-order valence-electron chi connectivity index (χ1n) is 5.19. The molecule has 12 heavy (non-hydrogen) atoms. The predicted octanol–water partition coefficient (Wildman–Crippen LogP) is 3.25. The summed E-state index contributed by atoms with van der Waals surface area (Å²) in [4.78, 5) is 0. The number of rotatable bonds is 1. The Kier molecular flexibility index (Phi) is 6.09. The van der Waals surface area contributed by atoms with E-state index in [-0.39, 0.29) is 5.54 Å². The molecule has 0 atom stereocenters. The predicted molar refractivity (Wildman–Crippen MR) is 56.2 cm³/mol. The summed E-state index contributed by atoms with van der Waals surface area (Å²) in [5.41, 5.74) is 6.01. The highest BCUT2D eigenvalue weighted by Crippen LogP contribution is 2.25. The third-order valence-corrected chi connectivity index (χ3v) is 2.44. The van der Waals surface area contributed by atoms with Crippen molar-refractivity contribution in [2.75, 3.05) is 0 Å². The fourth-order valence-corrected chi connectivity index (χ4v) is 1.59. The maximum absolute atomic E-state index is 6.04. The molecule has 1 rings (SSSR count). The van der Waals surface area contributed by atoms with Gasteiger partial charge in [-0.25, -0.2) is 0 Å². The van der Waals surface area contributed by atoms with E-state index in [0.29, 0.717) is 0 Å². The van der Waals surface area contributed by atoms with Crippen molar-refractivity contribution in [3.05, 3.63) is 12.7 Å². The van der Waals surface area contributed by atoms with E-state index in [0.717, 1.165) is 12.8 Å². The first kappa shape index (κ1) is 11.7. The summed E-state index contributed by atoms with van der Waals surface area (Å²) in [5.74, 6) is 0. The van der Waals surface area contributed by atoms with Crippen LogP contribution in [0.2, 0.25) is 0 Å². The van der Waals surface area contributed by atoms with Crippen molar-refractivity contribution in [2.24, 2.45) is 5.73 Å². The Morgan fingerprint density at radius 2 is 1.50 bits per heavy atom. The van der Waals surface area contributed by atoms with Gasteiger partial charge in [0.05, 0.1) is 0 Å². The minimum absolute atomic E-state index is 0.0312. The van der Waals surface area contributed by atoms with E-state index in [9.17, 15) is 0 Å². The molecule has 0 radical (unpaired) electrons. The Bertz CT molecular complexity index is 110. The second-order valence-electron chi connectivity index (χ2n) is 3.35. The van der Waals surface area contributed by atoms with Gasteiger partial charge in [0.25, 0.3) is 0 Å². The van der Waals surface area contributed by atoms with Crippen molar-refractivity contribution in [3.8, 4) is 0 Å². The Balaban J connectivity index is 0.000000561. The fourth-order valence-electron chi connectivity index (χ4n) is 1.59. The molecule has 0 aromatic carbocycles.